The molecule has 0 N–H and O–H groups in total. The van der Waals surface area contributed by atoms with Crippen molar-refractivity contribution in [3.63, 3.8) is 0 Å². The lowest BCUT2D eigenvalue weighted by molar-refractivity contribution is 1.28. The zero-order valence-corrected chi connectivity index (χ0v) is 27.0. The summed E-state index contributed by atoms with van der Waals surface area (Å²) in [5, 5.41) is 7.72. The number of hydrogen-bond acceptors (Lipinski definition) is 1. The predicted octanol–water partition coefficient (Wildman–Crippen LogP) is 13.6. The van der Waals surface area contributed by atoms with E-state index in [4.69, 9.17) is 0 Å². The molecular formula is C48H33N. The summed E-state index contributed by atoms with van der Waals surface area (Å²) in [7, 11) is 0. The van der Waals surface area contributed by atoms with Crippen LogP contribution in [0.15, 0.2) is 200 Å². The smallest absolute Gasteiger partial charge is 0.0462 e. The molecule has 9 rings (SSSR count). The molecule has 49 heavy (non-hydrogen) atoms. The van der Waals surface area contributed by atoms with Gasteiger partial charge in [0.15, 0.2) is 0 Å². The molecule has 0 heterocycles. The van der Waals surface area contributed by atoms with Gasteiger partial charge in [-0.05, 0) is 108 Å². The zero-order chi connectivity index (χ0) is 32.6. The van der Waals surface area contributed by atoms with Gasteiger partial charge in [0.05, 0.1) is 0 Å². The highest BCUT2D eigenvalue weighted by atomic mass is 15.1. The Hall–Kier alpha value is -6.44. The highest BCUT2D eigenvalue weighted by Gasteiger charge is 2.14. The van der Waals surface area contributed by atoms with Gasteiger partial charge in [-0.2, -0.15) is 0 Å². The minimum Gasteiger partial charge on any atom is -0.311 e. The largest absolute Gasteiger partial charge is 0.311 e. The Labute approximate surface area is 287 Å². The molecule has 0 aliphatic rings. The quantitative estimate of drug-likeness (QED) is 0.167. The monoisotopic (exact) mass is 623 g/mol. The Morgan fingerprint density at radius 2 is 0.633 bits per heavy atom. The van der Waals surface area contributed by atoms with E-state index in [0.717, 1.165) is 17.1 Å². The summed E-state index contributed by atoms with van der Waals surface area (Å²) in [5.41, 5.74) is 10.6. The predicted molar refractivity (Wildman–Crippen MR) is 210 cm³/mol. The fourth-order valence-electron chi connectivity index (χ4n) is 7.13. The van der Waals surface area contributed by atoms with Crippen LogP contribution in [0.4, 0.5) is 17.1 Å². The average molecular weight is 624 g/mol. The number of anilines is 3. The number of benzene rings is 9. The molecule has 9 aromatic rings. The minimum absolute atomic E-state index is 1.11. The lowest BCUT2D eigenvalue weighted by atomic mass is 9.94. The van der Waals surface area contributed by atoms with Crippen LogP contribution < -0.4 is 4.90 Å². The van der Waals surface area contributed by atoms with Crippen molar-refractivity contribution in [3.05, 3.63) is 200 Å². The summed E-state index contributed by atoms with van der Waals surface area (Å²) in [6.07, 6.45) is 0. The van der Waals surface area contributed by atoms with Gasteiger partial charge in [0.2, 0.25) is 0 Å². The second-order valence-electron chi connectivity index (χ2n) is 12.6. The van der Waals surface area contributed by atoms with E-state index in [9.17, 15) is 0 Å². The Bertz CT molecular complexity index is 2470. The summed E-state index contributed by atoms with van der Waals surface area (Å²) >= 11 is 0. The highest BCUT2D eigenvalue weighted by Crippen LogP contribution is 2.39. The maximum Gasteiger partial charge on any atom is 0.0462 e. The summed E-state index contributed by atoms with van der Waals surface area (Å²) in [6.45, 7) is 0. The van der Waals surface area contributed by atoms with E-state index in [-0.39, 0.29) is 0 Å². The highest BCUT2D eigenvalue weighted by molar-refractivity contribution is 6.20. The van der Waals surface area contributed by atoms with Crippen LogP contribution in [0.3, 0.4) is 0 Å². The molecule has 0 bridgehead atoms. The molecule has 0 unspecified atom stereocenters. The van der Waals surface area contributed by atoms with Crippen LogP contribution in [0, 0.1) is 0 Å². The molecular weight excluding hydrogens is 591 g/mol. The van der Waals surface area contributed by atoms with Gasteiger partial charge in [-0.25, -0.2) is 0 Å². The van der Waals surface area contributed by atoms with Crippen LogP contribution in [0.5, 0.6) is 0 Å². The molecule has 1 nitrogen and oxygen atoms in total. The normalized spacial score (nSPS) is 11.3. The van der Waals surface area contributed by atoms with Crippen molar-refractivity contribution in [3.8, 4) is 33.4 Å². The second-order valence-corrected chi connectivity index (χ2v) is 12.6. The number of hydrogen-bond donors (Lipinski definition) is 0. The molecule has 9 aromatic carbocycles. The lowest BCUT2D eigenvalue weighted by Gasteiger charge is -2.26. The van der Waals surface area contributed by atoms with Crippen molar-refractivity contribution in [1.29, 1.82) is 0 Å². The molecule has 0 radical (unpaired) electrons. The van der Waals surface area contributed by atoms with E-state index in [0.29, 0.717) is 0 Å². The Kier molecular flexibility index (Phi) is 7.22. The number of fused-ring (bicyclic) bond motifs is 5. The van der Waals surface area contributed by atoms with Crippen molar-refractivity contribution >= 4 is 49.4 Å². The Balaban J connectivity index is 1.09. The Morgan fingerprint density at radius 1 is 0.245 bits per heavy atom. The van der Waals surface area contributed by atoms with Crippen LogP contribution in [-0.2, 0) is 0 Å². The SMILES string of the molecule is c1ccc(-c2ccc(N(c3ccc(-c4ccccc4)cc3)c3ccc(-c4ccc5c(ccc6ccc7ccccc7c65)c4)cc3)cc2)cc1. The average Bonchev–Trinajstić information content (AvgIpc) is 3.19. The van der Waals surface area contributed by atoms with Gasteiger partial charge in [0, 0.05) is 17.1 Å². The fourth-order valence-corrected chi connectivity index (χ4v) is 7.13. The molecule has 0 aromatic heterocycles. The molecule has 0 spiro atoms. The maximum atomic E-state index is 2.34. The zero-order valence-electron chi connectivity index (χ0n) is 27.0. The fraction of sp³-hybridized carbons (Fsp3) is 0. The van der Waals surface area contributed by atoms with E-state index in [1.807, 2.05) is 0 Å². The van der Waals surface area contributed by atoms with Crippen LogP contribution in [0.1, 0.15) is 0 Å². The molecule has 230 valence electrons. The summed E-state index contributed by atoms with van der Waals surface area (Å²) in [5.74, 6) is 0. The van der Waals surface area contributed by atoms with Gasteiger partial charge in [-0.1, -0.05) is 158 Å². The van der Waals surface area contributed by atoms with Crippen molar-refractivity contribution in [2.24, 2.45) is 0 Å². The van der Waals surface area contributed by atoms with Gasteiger partial charge in [0.25, 0.3) is 0 Å². The minimum atomic E-state index is 1.11. The third kappa shape index (κ3) is 5.42. The molecule has 0 fully saturated rings. The van der Waals surface area contributed by atoms with Gasteiger partial charge in [-0.15, -0.1) is 0 Å². The standard InChI is InChI=1S/C48H33N/c1-3-9-34(10-4-1)36-19-26-43(27-20-36)49(44-28-21-37(22-29-44)35-11-5-2-6-12-35)45-30-23-38(24-31-45)41-25-32-47-42(33-41)18-17-40-16-15-39-13-7-8-14-46(39)48(40)47/h1-33H. The van der Waals surface area contributed by atoms with E-state index in [1.54, 1.807) is 0 Å². The molecule has 0 saturated heterocycles. The van der Waals surface area contributed by atoms with E-state index >= 15 is 0 Å². The van der Waals surface area contributed by atoms with E-state index in [1.165, 1.54) is 65.7 Å². The number of nitrogens with zero attached hydrogens (tertiary/aromatic N) is 1. The second kappa shape index (κ2) is 12.3. The van der Waals surface area contributed by atoms with Crippen molar-refractivity contribution < 1.29 is 0 Å². The van der Waals surface area contributed by atoms with Crippen molar-refractivity contribution in [2.45, 2.75) is 0 Å². The van der Waals surface area contributed by atoms with Crippen LogP contribution in [0.25, 0.3) is 65.7 Å². The first kappa shape index (κ1) is 28.8. The third-order valence-corrected chi connectivity index (χ3v) is 9.65. The van der Waals surface area contributed by atoms with E-state index in [2.05, 4.69) is 205 Å². The topological polar surface area (TPSA) is 3.24 Å². The molecule has 0 aliphatic heterocycles. The van der Waals surface area contributed by atoms with Crippen LogP contribution in [0.2, 0.25) is 0 Å². The van der Waals surface area contributed by atoms with Crippen molar-refractivity contribution in [1.82, 2.24) is 0 Å². The van der Waals surface area contributed by atoms with E-state index < -0.39 is 0 Å². The third-order valence-electron chi connectivity index (χ3n) is 9.65. The first-order chi connectivity index (χ1) is 24.3. The first-order valence-corrected chi connectivity index (χ1v) is 16.8. The lowest BCUT2D eigenvalue weighted by Crippen LogP contribution is -2.09. The summed E-state index contributed by atoms with van der Waals surface area (Å²) in [6, 6.07) is 72.3. The van der Waals surface area contributed by atoms with Gasteiger partial charge in [0.1, 0.15) is 0 Å². The molecule has 0 amide bonds. The van der Waals surface area contributed by atoms with Crippen LogP contribution in [-0.4, -0.2) is 0 Å². The summed E-state index contributed by atoms with van der Waals surface area (Å²) < 4.78 is 0. The molecule has 1 heteroatoms. The molecule has 0 saturated carbocycles. The number of rotatable bonds is 6. The molecule has 0 aliphatic carbocycles. The first-order valence-electron chi connectivity index (χ1n) is 16.8. The Morgan fingerprint density at radius 3 is 1.18 bits per heavy atom. The van der Waals surface area contributed by atoms with Gasteiger partial charge < -0.3 is 4.90 Å². The summed E-state index contributed by atoms with van der Waals surface area (Å²) in [4.78, 5) is 2.34. The van der Waals surface area contributed by atoms with Crippen molar-refractivity contribution in [2.75, 3.05) is 4.90 Å². The van der Waals surface area contributed by atoms with Gasteiger partial charge >= 0.3 is 0 Å². The van der Waals surface area contributed by atoms with Crippen LogP contribution >= 0.6 is 0 Å². The van der Waals surface area contributed by atoms with Gasteiger partial charge in [-0.3, -0.25) is 0 Å². The molecule has 0 atom stereocenters. The maximum absolute atomic E-state index is 2.34.